The van der Waals surface area contributed by atoms with E-state index < -0.39 is 23.8 Å². The molecule has 12 heteroatoms. The lowest BCUT2D eigenvalue weighted by Crippen LogP contribution is -2.37. The molecule has 0 aliphatic heterocycles. The summed E-state index contributed by atoms with van der Waals surface area (Å²) in [6.07, 6.45) is 1.26. The van der Waals surface area contributed by atoms with Gasteiger partial charge in [0.15, 0.2) is 0 Å². The Morgan fingerprint density at radius 3 is 2.32 bits per heavy atom. The number of carbonyl (C=O) groups excluding carboxylic acids is 1. The van der Waals surface area contributed by atoms with Crippen LogP contribution in [0.1, 0.15) is 27.6 Å². The van der Waals surface area contributed by atoms with Gasteiger partial charge in [0.2, 0.25) is 5.88 Å². The first-order valence-electron chi connectivity index (χ1n) is 11.0. The molecule has 0 bridgehead atoms. The molecule has 0 spiro atoms. The molecule has 5 N–H and O–H groups in total. The predicted octanol–water partition coefficient (Wildman–Crippen LogP) is 2.62. The predicted molar refractivity (Wildman–Crippen MR) is 135 cm³/mol. The lowest BCUT2D eigenvalue weighted by atomic mass is 10.1. The third kappa shape index (κ3) is 9.61. The number of Topliss-reactive ketones (excluding diaryl/α,β-unsaturated/α-hetero) is 1. The van der Waals surface area contributed by atoms with E-state index in [1.165, 1.54) is 12.3 Å². The number of rotatable bonds is 10. The number of aliphatic hydroxyl groups excluding tert-OH is 2. The van der Waals surface area contributed by atoms with Gasteiger partial charge in [-0.1, -0.05) is 35.9 Å². The van der Waals surface area contributed by atoms with Gasteiger partial charge in [0.1, 0.15) is 11.8 Å². The van der Waals surface area contributed by atoms with Gasteiger partial charge in [-0.2, -0.15) is 5.26 Å². The van der Waals surface area contributed by atoms with Crippen LogP contribution in [0.5, 0.6) is 11.6 Å². The number of aliphatic carboxylic acids is 2. The highest BCUT2D eigenvalue weighted by Gasteiger charge is 2.15. The topological polar surface area (TPSA) is 190 Å². The highest BCUT2D eigenvalue weighted by atomic mass is 35.5. The molecule has 0 aliphatic rings. The summed E-state index contributed by atoms with van der Waals surface area (Å²) in [5.41, 5.74) is 1.74. The minimum Gasteiger partial charge on any atom is -0.473 e. The Morgan fingerprint density at radius 1 is 1.05 bits per heavy atom. The fourth-order valence-electron chi connectivity index (χ4n) is 3.11. The van der Waals surface area contributed by atoms with Crippen LogP contribution in [0.4, 0.5) is 0 Å². The van der Waals surface area contributed by atoms with Gasteiger partial charge in [0.25, 0.3) is 5.78 Å². The van der Waals surface area contributed by atoms with Crippen molar-refractivity contribution >= 4 is 29.3 Å². The fraction of sp³-hybridized carbons (Fsp3) is 0.192. The minimum absolute atomic E-state index is 0.0664. The van der Waals surface area contributed by atoms with Crippen molar-refractivity contribution in [3.63, 3.8) is 0 Å². The molecule has 0 radical (unpaired) electrons. The molecule has 2 atom stereocenters. The van der Waals surface area contributed by atoms with Crippen molar-refractivity contribution in [3.8, 4) is 17.7 Å². The molecule has 2 aromatic carbocycles. The SMILES string of the molecule is N#CC(=O)c1cccnc1Oc1ccc(CC(CO)NCC(O)c2cccc(Cl)c2)cc1.O=C(O)C(=O)O. The molecular weight excluding hydrogens is 518 g/mol. The maximum atomic E-state index is 11.7. The van der Waals surface area contributed by atoms with Crippen LogP contribution < -0.4 is 10.1 Å². The number of benzene rings is 2. The zero-order chi connectivity index (χ0) is 28.1. The number of nitriles is 1. The van der Waals surface area contributed by atoms with Crippen molar-refractivity contribution in [3.05, 3.63) is 88.6 Å². The van der Waals surface area contributed by atoms with E-state index in [1.54, 1.807) is 48.5 Å². The van der Waals surface area contributed by atoms with Crippen LogP contribution in [-0.4, -0.2) is 62.3 Å². The summed E-state index contributed by atoms with van der Waals surface area (Å²) in [4.78, 5) is 33.9. The van der Waals surface area contributed by atoms with Crippen LogP contribution in [0.2, 0.25) is 5.02 Å². The highest BCUT2D eigenvalue weighted by Crippen LogP contribution is 2.24. The molecule has 0 saturated heterocycles. The van der Waals surface area contributed by atoms with Gasteiger partial charge in [0, 0.05) is 23.8 Å². The number of ketones is 1. The molecule has 0 aliphatic carbocycles. The molecule has 0 saturated carbocycles. The Morgan fingerprint density at radius 2 is 1.74 bits per heavy atom. The highest BCUT2D eigenvalue weighted by molar-refractivity contribution is 6.30. The standard InChI is InChI=1S/C24H22ClN3O4.C2H2O4/c25-18-4-1-3-17(12-18)23(31)14-28-19(15-29)11-16-6-8-20(9-7-16)32-24-21(22(30)13-26)5-2-10-27-24;3-1(4)2(5)6/h1-10,12,19,23,28-29,31H,11,14-15H2;(H,3,4)(H,5,6). The van der Waals surface area contributed by atoms with Crippen LogP contribution in [0, 0.1) is 11.3 Å². The van der Waals surface area contributed by atoms with E-state index in [2.05, 4.69) is 10.3 Å². The van der Waals surface area contributed by atoms with Crippen molar-refractivity contribution < 1.29 is 39.5 Å². The van der Waals surface area contributed by atoms with Gasteiger partial charge in [0.05, 0.1) is 18.3 Å². The first-order valence-corrected chi connectivity index (χ1v) is 11.4. The van der Waals surface area contributed by atoms with Crippen LogP contribution in [0.25, 0.3) is 0 Å². The lowest BCUT2D eigenvalue weighted by Gasteiger charge is -2.19. The first kappa shape index (κ1) is 29.9. The minimum atomic E-state index is -1.82. The van der Waals surface area contributed by atoms with Crippen molar-refractivity contribution in [2.24, 2.45) is 0 Å². The second kappa shape index (κ2) is 15.0. The average molecular weight is 542 g/mol. The Bertz CT molecular complexity index is 1280. The zero-order valence-electron chi connectivity index (χ0n) is 19.8. The Kier molecular flexibility index (Phi) is 11.8. The lowest BCUT2D eigenvalue weighted by molar-refractivity contribution is -0.159. The molecule has 3 rings (SSSR count). The number of aliphatic hydroxyl groups is 2. The summed E-state index contributed by atoms with van der Waals surface area (Å²) in [7, 11) is 0. The third-order valence-electron chi connectivity index (χ3n) is 4.97. The van der Waals surface area contributed by atoms with Crippen molar-refractivity contribution in [1.82, 2.24) is 10.3 Å². The zero-order valence-corrected chi connectivity index (χ0v) is 20.6. The summed E-state index contributed by atoms with van der Waals surface area (Å²) in [6.45, 7) is 0.163. The van der Waals surface area contributed by atoms with Crippen LogP contribution in [-0.2, 0) is 16.0 Å². The first-order chi connectivity index (χ1) is 18.1. The molecule has 0 fully saturated rings. The van der Waals surface area contributed by atoms with Gasteiger partial charge >= 0.3 is 11.9 Å². The third-order valence-corrected chi connectivity index (χ3v) is 5.21. The number of nitrogens with one attached hydrogen (secondary N) is 1. The van der Waals surface area contributed by atoms with E-state index >= 15 is 0 Å². The Balaban J connectivity index is 0.000000757. The van der Waals surface area contributed by atoms with E-state index in [0.717, 1.165) is 5.56 Å². The monoisotopic (exact) mass is 541 g/mol. The summed E-state index contributed by atoms with van der Waals surface area (Å²) in [5.74, 6) is -3.84. The van der Waals surface area contributed by atoms with Crippen molar-refractivity contribution in [1.29, 1.82) is 5.26 Å². The summed E-state index contributed by atoms with van der Waals surface area (Å²) in [5, 5.41) is 47.4. The number of halogens is 1. The average Bonchev–Trinajstić information content (AvgIpc) is 2.92. The van der Waals surface area contributed by atoms with E-state index in [9.17, 15) is 15.0 Å². The van der Waals surface area contributed by atoms with Crippen molar-refractivity contribution in [2.75, 3.05) is 13.2 Å². The van der Waals surface area contributed by atoms with Gasteiger partial charge in [-0.25, -0.2) is 14.6 Å². The van der Waals surface area contributed by atoms with Gasteiger partial charge < -0.3 is 30.5 Å². The van der Waals surface area contributed by atoms with E-state index in [1.807, 2.05) is 12.1 Å². The largest absolute Gasteiger partial charge is 0.473 e. The Hall–Kier alpha value is -4.34. The van der Waals surface area contributed by atoms with Gasteiger partial charge in [-0.05, 0) is 53.9 Å². The summed E-state index contributed by atoms with van der Waals surface area (Å²) in [6, 6.07) is 18.5. The van der Waals surface area contributed by atoms with Crippen molar-refractivity contribution in [2.45, 2.75) is 18.6 Å². The normalized spacial score (nSPS) is 11.7. The van der Waals surface area contributed by atoms with E-state index in [0.29, 0.717) is 22.8 Å². The fourth-order valence-corrected chi connectivity index (χ4v) is 3.30. The number of carboxylic acids is 2. The second-order valence-corrected chi connectivity index (χ2v) is 8.15. The molecule has 11 nitrogen and oxygen atoms in total. The number of carboxylic acid groups (broad SMARTS) is 2. The van der Waals surface area contributed by atoms with Crippen LogP contribution >= 0.6 is 11.6 Å². The molecule has 2 unspecified atom stereocenters. The Labute approximate surface area is 222 Å². The summed E-state index contributed by atoms with van der Waals surface area (Å²) >= 11 is 5.96. The maximum absolute atomic E-state index is 11.7. The quantitative estimate of drug-likeness (QED) is 0.144. The van der Waals surface area contributed by atoms with Gasteiger partial charge in [-0.15, -0.1) is 0 Å². The number of carbonyl (C=O) groups is 3. The van der Waals surface area contributed by atoms with Gasteiger partial charge in [-0.3, -0.25) is 4.79 Å². The molecule has 198 valence electrons. The maximum Gasteiger partial charge on any atom is 0.414 e. The second-order valence-electron chi connectivity index (χ2n) is 7.72. The molecule has 0 amide bonds. The number of hydrogen-bond donors (Lipinski definition) is 5. The molecular formula is C26H24ClN3O8. The number of pyridine rings is 1. The van der Waals surface area contributed by atoms with Crippen LogP contribution in [0.3, 0.4) is 0 Å². The number of aromatic nitrogens is 1. The molecule has 1 aromatic heterocycles. The summed E-state index contributed by atoms with van der Waals surface area (Å²) < 4.78 is 5.66. The number of ether oxygens (including phenoxy) is 1. The smallest absolute Gasteiger partial charge is 0.414 e. The number of nitrogens with zero attached hydrogens (tertiary/aromatic N) is 2. The number of hydrogen-bond acceptors (Lipinski definition) is 9. The van der Waals surface area contributed by atoms with E-state index in [4.69, 9.17) is 41.4 Å². The van der Waals surface area contributed by atoms with E-state index in [-0.39, 0.29) is 30.6 Å². The van der Waals surface area contributed by atoms with Crippen LogP contribution in [0.15, 0.2) is 66.9 Å². The molecule has 3 aromatic rings. The molecule has 38 heavy (non-hydrogen) atoms. The molecule has 1 heterocycles.